The Hall–Kier alpha value is -3.11. The molecule has 4 nitrogen and oxygen atoms in total. The van der Waals surface area contributed by atoms with Crippen LogP contribution in [0, 0.1) is 6.92 Å². The molecule has 0 aliphatic heterocycles. The number of fused-ring (bicyclic) bond motifs is 1. The maximum Gasteiger partial charge on any atom is 0.255 e. The van der Waals surface area contributed by atoms with E-state index in [9.17, 15) is 4.79 Å². The molecule has 26 heavy (non-hydrogen) atoms. The van der Waals surface area contributed by atoms with Crippen molar-refractivity contribution >= 4 is 34.3 Å². The number of anilines is 1. The summed E-state index contributed by atoms with van der Waals surface area (Å²) in [7, 11) is 0. The van der Waals surface area contributed by atoms with Crippen molar-refractivity contribution in [3.05, 3.63) is 82.9 Å². The summed E-state index contributed by atoms with van der Waals surface area (Å²) < 4.78 is 5.87. The number of hydrogen-bond donors (Lipinski definition) is 1. The summed E-state index contributed by atoms with van der Waals surface area (Å²) in [6.07, 6.45) is 0. The molecule has 0 spiro atoms. The fourth-order valence-corrected chi connectivity index (χ4v) is 2.93. The first-order chi connectivity index (χ1) is 12.6. The van der Waals surface area contributed by atoms with Crippen molar-refractivity contribution in [3.8, 4) is 11.5 Å². The van der Waals surface area contributed by atoms with Crippen LogP contribution in [-0.4, -0.2) is 10.9 Å². The van der Waals surface area contributed by atoms with Crippen molar-refractivity contribution < 1.29 is 9.21 Å². The van der Waals surface area contributed by atoms with E-state index < -0.39 is 0 Å². The molecule has 1 amide bonds. The van der Waals surface area contributed by atoms with Crippen molar-refractivity contribution in [2.45, 2.75) is 6.92 Å². The molecule has 4 rings (SSSR count). The van der Waals surface area contributed by atoms with E-state index in [0.717, 1.165) is 16.6 Å². The van der Waals surface area contributed by atoms with E-state index in [2.05, 4.69) is 10.3 Å². The first-order valence-corrected chi connectivity index (χ1v) is 8.51. The summed E-state index contributed by atoms with van der Waals surface area (Å²) in [6, 6.07) is 20.2. The molecule has 1 heterocycles. The van der Waals surface area contributed by atoms with Crippen LogP contribution in [0.4, 0.5) is 5.69 Å². The molecule has 0 fully saturated rings. The predicted octanol–water partition coefficient (Wildman–Crippen LogP) is 5.71. The zero-order valence-electron chi connectivity index (χ0n) is 14.0. The van der Waals surface area contributed by atoms with Crippen LogP contribution in [-0.2, 0) is 0 Å². The first kappa shape index (κ1) is 16.4. The Morgan fingerprint density at radius 1 is 1.04 bits per heavy atom. The zero-order chi connectivity index (χ0) is 18.1. The third-order valence-corrected chi connectivity index (χ3v) is 4.23. The topological polar surface area (TPSA) is 55.1 Å². The number of aryl methyl sites for hydroxylation is 1. The van der Waals surface area contributed by atoms with E-state index >= 15 is 0 Å². The van der Waals surface area contributed by atoms with E-state index in [1.165, 1.54) is 0 Å². The summed E-state index contributed by atoms with van der Waals surface area (Å²) in [5.41, 5.74) is 4.54. The Bertz CT molecular complexity index is 1120. The molecule has 1 N–H and O–H groups in total. The number of oxazole rings is 1. The third kappa shape index (κ3) is 3.32. The fraction of sp³-hybridized carbons (Fsp3) is 0.0476. The Morgan fingerprint density at radius 3 is 2.69 bits per heavy atom. The molecular formula is C21H15ClN2O2. The second-order valence-electron chi connectivity index (χ2n) is 6.04. The van der Waals surface area contributed by atoms with Gasteiger partial charge in [-0.3, -0.25) is 4.79 Å². The second kappa shape index (κ2) is 6.65. The van der Waals surface area contributed by atoms with E-state index in [4.69, 9.17) is 16.0 Å². The first-order valence-electron chi connectivity index (χ1n) is 8.13. The van der Waals surface area contributed by atoms with Gasteiger partial charge in [-0.15, -0.1) is 0 Å². The predicted molar refractivity (Wildman–Crippen MR) is 104 cm³/mol. The van der Waals surface area contributed by atoms with Crippen LogP contribution < -0.4 is 5.32 Å². The highest BCUT2D eigenvalue weighted by Crippen LogP contribution is 2.27. The van der Waals surface area contributed by atoms with Gasteiger partial charge in [-0.1, -0.05) is 35.4 Å². The molecule has 0 saturated carbocycles. The van der Waals surface area contributed by atoms with Gasteiger partial charge in [0.25, 0.3) is 5.91 Å². The number of hydrogen-bond acceptors (Lipinski definition) is 3. The molecule has 0 atom stereocenters. The quantitative estimate of drug-likeness (QED) is 0.508. The highest BCUT2D eigenvalue weighted by atomic mass is 35.5. The average Bonchev–Trinajstić information content (AvgIpc) is 3.05. The standard InChI is InChI=1S/C21H15ClN2O2/c1-13-4-2-6-15(10-13)21-24-18-9-8-17(12-19(18)26-21)23-20(25)14-5-3-7-16(22)11-14/h2-12H,1H3,(H,23,25). The number of carbonyl (C=O) groups is 1. The molecule has 3 aromatic carbocycles. The van der Waals surface area contributed by atoms with Crippen LogP contribution in [0.2, 0.25) is 5.02 Å². The Kier molecular flexibility index (Phi) is 4.19. The minimum atomic E-state index is -0.231. The number of nitrogens with zero attached hydrogens (tertiary/aromatic N) is 1. The summed E-state index contributed by atoms with van der Waals surface area (Å²) in [5, 5.41) is 3.37. The van der Waals surface area contributed by atoms with Crippen molar-refractivity contribution in [1.29, 1.82) is 0 Å². The van der Waals surface area contributed by atoms with Crippen molar-refractivity contribution in [3.63, 3.8) is 0 Å². The number of aromatic nitrogens is 1. The van der Waals surface area contributed by atoms with Gasteiger partial charge in [0.15, 0.2) is 5.58 Å². The monoisotopic (exact) mass is 362 g/mol. The fourth-order valence-electron chi connectivity index (χ4n) is 2.74. The molecule has 1 aromatic heterocycles. The van der Waals surface area contributed by atoms with Gasteiger partial charge in [0.2, 0.25) is 5.89 Å². The van der Waals surface area contributed by atoms with Crippen LogP contribution in [0.15, 0.2) is 71.1 Å². The maximum absolute atomic E-state index is 12.4. The van der Waals surface area contributed by atoms with Gasteiger partial charge in [-0.2, -0.15) is 0 Å². The van der Waals surface area contributed by atoms with Crippen molar-refractivity contribution in [1.82, 2.24) is 4.98 Å². The molecule has 128 valence electrons. The number of nitrogens with one attached hydrogen (secondary N) is 1. The van der Waals surface area contributed by atoms with Crippen LogP contribution in [0.25, 0.3) is 22.6 Å². The van der Waals surface area contributed by atoms with Crippen LogP contribution in [0.5, 0.6) is 0 Å². The Labute approximate surface area is 155 Å². The van der Waals surface area contributed by atoms with E-state index in [0.29, 0.717) is 27.7 Å². The van der Waals surface area contributed by atoms with E-state index in [1.807, 2.05) is 37.3 Å². The highest BCUT2D eigenvalue weighted by molar-refractivity contribution is 6.31. The van der Waals surface area contributed by atoms with Gasteiger partial charge in [0.05, 0.1) is 0 Å². The number of amides is 1. The molecule has 4 aromatic rings. The van der Waals surface area contributed by atoms with Crippen LogP contribution in [0.1, 0.15) is 15.9 Å². The lowest BCUT2D eigenvalue weighted by Crippen LogP contribution is -2.11. The normalized spacial score (nSPS) is 10.8. The number of carbonyl (C=O) groups excluding carboxylic acids is 1. The Morgan fingerprint density at radius 2 is 1.88 bits per heavy atom. The van der Waals surface area contributed by atoms with Crippen molar-refractivity contribution in [2.75, 3.05) is 5.32 Å². The molecule has 0 aliphatic carbocycles. The minimum absolute atomic E-state index is 0.231. The zero-order valence-corrected chi connectivity index (χ0v) is 14.7. The van der Waals surface area contributed by atoms with Gasteiger partial charge < -0.3 is 9.73 Å². The van der Waals surface area contributed by atoms with Gasteiger partial charge in [0, 0.05) is 27.9 Å². The molecule has 5 heteroatoms. The third-order valence-electron chi connectivity index (χ3n) is 4.00. The number of benzene rings is 3. The van der Waals surface area contributed by atoms with Gasteiger partial charge in [0.1, 0.15) is 5.52 Å². The summed E-state index contributed by atoms with van der Waals surface area (Å²) in [6.45, 7) is 2.02. The summed E-state index contributed by atoms with van der Waals surface area (Å²) >= 11 is 5.94. The number of rotatable bonds is 3. The van der Waals surface area contributed by atoms with E-state index in [1.54, 1.807) is 36.4 Å². The molecular weight excluding hydrogens is 348 g/mol. The summed E-state index contributed by atoms with van der Waals surface area (Å²) in [4.78, 5) is 16.9. The van der Waals surface area contributed by atoms with Gasteiger partial charge in [-0.05, 0) is 49.4 Å². The second-order valence-corrected chi connectivity index (χ2v) is 6.47. The maximum atomic E-state index is 12.4. The number of halogens is 1. The molecule has 0 saturated heterocycles. The van der Waals surface area contributed by atoms with Gasteiger partial charge in [-0.25, -0.2) is 4.98 Å². The molecule has 0 bridgehead atoms. The molecule has 0 unspecified atom stereocenters. The molecule has 0 radical (unpaired) electrons. The lowest BCUT2D eigenvalue weighted by molar-refractivity contribution is 0.102. The van der Waals surface area contributed by atoms with Crippen LogP contribution >= 0.6 is 11.6 Å². The van der Waals surface area contributed by atoms with Gasteiger partial charge >= 0.3 is 0 Å². The lowest BCUT2D eigenvalue weighted by atomic mass is 10.1. The average molecular weight is 363 g/mol. The van der Waals surface area contributed by atoms with E-state index in [-0.39, 0.29) is 5.91 Å². The van der Waals surface area contributed by atoms with Crippen LogP contribution in [0.3, 0.4) is 0 Å². The lowest BCUT2D eigenvalue weighted by Gasteiger charge is -2.05. The molecule has 0 aliphatic rings. The largest absolute Gasteiger partial charge is 0.436 e. The summed E-state index contributed by atoms with van der Waals surface area (Å²) in [5.74, 6) is 0.326. The Balaban J connectivity index is 1.62. The van der Waals surface area contributed by atoms with Crippen molar-refractivity contribution in [2.24, 2.45) is 0 Å². The smallest absolute Gasteiger partial charge is 0.255 e. The minimum Gasteiger partial charge on any atom is -0.436 e. The SMILES string of the molecule is Cc1cccc(-c2nc3ccc(NC(=O)c4cccc(Cl)c4)cc3o2)c1. The highest BCUT2D eigenvalue weighted by Gasteiger charge is 2.11.